The maximum absolute atomic E-state index is 5.44. The number of rotatable bonds is 3. The van der Waals surface area contributed by atoms with Gasteiger partial charge in [-0.2, -0.15) is 0 Å². The molecule has 1 saturated heterocycles. The molecule has 2 fully saturated rings. The van der Waals surface area contributed by atoms with Gasteiger partial charge in [0.15, 0.2) is 4.77 Å². The summed E-state index contributed by atoms with van der Waals surface area (Å²) in [6.45, 7) is 6.92. The van der Waals surface area contributed by atoms with E-state index in [1.54, 1.807) is 0 Å². The third-order valence-electron chi connectivity index (χ3n) is 4.06. The van der Waals surface area contributed by atoms with Gasteiger partial charge < -0.3 is 9.55 Å². The molecular weight excluding hydrogens is 230 g/mol. The van der Waals surface area contributed by atoms with Crippen molar-refractivity contribution in [3.8, 4) is 0 Å². The van der Waals surface area contributed by atoms with Crippen LogP contribution in [0.15, 0.2) is 6.20 Å². The summed E-state index contributed by atoms with van der Waals surface area (Å²) in [4.78, 5) is 5.86. The SMILES string of the molecule is CC(C)c1c[nH]c(=S)n1C1CCN(C2CC2)C1. The first-order valence-corrected chi connectivity index (χ1v) is 7.11. The fourth-order valence-corrected chi connectivity index (χ4v) is 3.28. The average molecular weight is 251 g/mol. The summed E-state index contributed by atoms with van der Waals surface area (Å²) in [6.07, 6.45) is 6.15. The summed E-state index contributed by atoms with van der Waals surface area (Å²) in [5.41, 5.74) is 1.36. The normalized spacial score (nSPS) is 25.9. The highest BCUT2D eigenvalue weighted by Gasteiger charge is 2.35. The molecule has 0 amide bonds. The Kier molecular flexibility index (Phi) is 2.87. The molecule has 1 atom stereocenters. The molecule has 1 aliphatic carbocycles. The number of nitrogens with one attached hydrogen (secondary N) is 1. The van der Waals surface area contributed by atoms with Gasteiger partial charge in [-0.25, -0.2) is 0 Å². The van der Waals surface area contributed by atoms with Gasteiger partial charge in [0.1, 0.15) is 0 Å². The van der Waals surface area contributed by atoms with Crippen LogP contribution in [0.5, 0.6) is 0 Å². The second-order valence-electron chi connectivity index (χ2n) is 5.71. The molecule has 1 aromatic rings. The molecular formula is C13H21N3S. The number of imidazole rings is 1. The summed E-state index contributed by atoms with van der Waals surface area (Å²) >= 11 is 5.44. The van der Waals surface area contributed by atoms with E-state index in [0.717, 1.165) is 10.8 Å². The van der Waals surface area contributed by atoms with Gasteiger partial charge in [0, 0.05) is 31.0 Å². The van der Waals surface area contributed by atoms with Crippen molar-refractivity contribution in [1.29, 1.82) is 0 Å². The molecule has 2 aliphatic rings. The van der Waals surface area contributed by atoms with Crippen molar-refractivity contribution in [2.75, 3.05) is 13.1 Å². The zero-order valence-corrected chi connectivity index (χ0v) is 11.5. The van der Waals surface area contributed by atoms with E-state index in [2.05, 4.69) is 34.5 Å². The van der Waals surface area contributed by atoms with E-state index in [0.29, 0.717) is 12.0 Å². The van der Waals surface area contributed by atoms with Crippen LogP contribution in [0, 0.1) is 4.77 Å². The lowest BCUT2D eigenvalue weighted by Crippen LogP contribution is -2.24. The fraction of sp³-hybridized carbons (Fsp3) is 0.769. The van der Waals surface area contributed by atoms with Crippen molar-refractivity contribution in [2.45, 2.75) is 51.1 Å². The van der Waals surface area contributed by atoms with Gasteiger partial charge in [-0.3, -0.25) is 4.90 Å². The van der Waals surface area contributed by atoms with E-state index in [9.17, 15) is 0 Å². The molecule has 0 radical (unpaired) electrons. The van der Waals surface area contributed by atoms with Crippen LogP contribution in [-0.4, -0.2) is 33.6 Å². The second-order valence-corrected chi connectivity index (χ2v) is 6.10. The van der Waals surface area contributed by atoms with Crippen molar-refractivity contribution in [3.63, 3.8) is 0 Å². The first-order chi connectivity index (χ1) is 8.16. The summed E-state index contributed by atoms with van der Waals surface area (Å²) < 4.78 is 3.26. The third-order valence-corrected chi connectivity index (χ3v) is 4.37. The summed E-state index contributed by atoms with van der Waals surface area (Å²) in [6, 6.07) is 1.47. The van der Waals surface area contributed by atoms with Gasteiger partial charge in [0.2, 0.25) is 0 Å². The smallest absolute Gasteiger partial charge is 0.177 e. The van der Waals surface area contributed by atoms with Gasteiger partial charge in [-0.1, -0.05) is 13.8 Å². The van der Waals surface area contributed by atoms with E-state index in [1.807, 2.05) is 0 Å². The molecule has 0 aromatic carbocycles. The van der Waals surface area contributed by atoms with E-state index >= 15 is 0 Å². The molecule has 3 rings (SSSR count). The second kappa shape index (κ2) is 4.25. The lowest BCUT2D eigenvalue weighted by molar-refractivity contribution is 0.312. The maximum Gasteiger partial charge on any atom is 0.177 e. The van der Waals surface area contributed by atoms with Crippen molar-refractivity contribution >= 4 is 12.2 Å². The number of aromatic amines is 1. The Morgan fingerprint density at radius 3 is 2.71 bits per heavy atom. The quantitative estimate of drug-likeness (QED) is 0.835. The summed E-state index contributed by atoms with van der Waals surface area (Å²) in [5, 5.41) is 0. The first kappa shape index (κ1) is 11.5. The minimum Gasteiger partial charge on any atom is -0.337 e. The number of hydrogen-bond donors (Lipinski definition) is 1. The van der Waals surface area contributed by atoms with Crippen LogP contribution >= 0.6 is 12.2 Å². The number of hydrogen-bond acceptors (Lipinski definition) is 2. The molecule has 1 N–H and O–H groups in total. The van der Waals surface area contributed by atoms with Crippen LogP contribution in [0.25, 0.3) is 0 Å². The van der Waals surface area contributed by atoms with Gasteiger partial charge in [0.05, 0.1) is 6.04 Å². The molecule has 4 heteroatoms. The van der Waals surface area contributed by atoms with Crippen molar-refractivity contribution < 1.29 is 0 Å². The topological polar surface area (TPSA) is 24.0 Å². The molecule has 0 spiro atoms. The molecule has 3 nitrogen and oxygen atoms in total. The highest BCUT2D eigenvalue weighted by Crippen LogP contribution is 2.34. The molecule has 0 bridgehead atoms. The standard InChI is InChI=1S/C13H21N3S/c1-9(2)12-7-14-13(17)16(12)11-5-6-15(8-11)10-3-4-10/h7,9-11H,3-6,8H2,1-2H3,(H,14,17). The summed E-state index contributed by atoms with van der Waals surface area (Å²) in [5.74, 6) is 0.540. The third kappa shape index (κ3) is 2.08. The molecule has 1 unspecified atom stereocenters. The Balaban J connectivity index is 1.84. The van der Waals surface area contributed by atoms with E-state index < -0.39 is 0 Å². The highest BCUT2D eigenvalue weighted by atomic mass is 32.1. The van der Waals surface area contributed by atoms with E-state index in [-0.39, 0.29) is 0 Å². The molecule has 1 aromatic heterocycles. The van der Waals surface area contributed by atoms with Crippen LogP contribution in [0.1, 0.15) is 50.8 Å². The largest absolute Gasteiger partial charge is 0.337 e. The lowest BCUT2D eigenvalue weighted by atomic mass is 10.1. The van der Waals surface area contributed by atoms with Crippen LogP contribution in [-0.2, 0) is 0 Å². The van der Waals surface area contributed by atoms with Gasteiger partial charge in [0.25, 0.3) is 0 Å². The Morgan fingerprint density at radius 1 is 1.29 bits per heavy atom. The molecule has 1 saturated carbocycles. The number of H-pyrrole nitrogens is 1. The van der Waals surface area contributed by atoms with Crippen molar-refractivity contribution in [1.82, 2.24) is 14.5 Å². The Morgan fingerprint density at radius 2 is 2.06 bits per heavy atom. The fourth-order valence-electron chi connectivity index (χ4n) is 2.96. The monoisotopic (exact) mass is 251 g/mol. The predicted octanol–water partition coefficient (Wildman–Crippen LogP) is 3.08. The van der Waals surface area contributed by atoms with Crippen molar-refractivity contribution in [2.24, 2.45) is 0 Å². The maximum atomic E-state index is 5.44. The average Bonchev–Trinajstić information content (AvgIpc) is 2.89. The molecule has 1 aliphatic heterocycles. The van der Waals surface area contributed by atoms with E-state index in [4.69, 9.17) is 12.2 Å². The Hall–Kier alpha value is -0.610. The number of aromatic nitrogens is 2. The number of nitrogens with zero attached hydrogens (tertiary/aromatic N) is 2. The lowest BCUT2D eigenvalue weighted by Gasteiger charge is -2.19. The van der Waals surface area contributed by atoms with E-state index in [1.165, 1.54) is 38.0 Å². The Labute approximate surface area is 108 Å². The number of likely N-dealkylation sites (tertiary alicyclic amines) is 1. The van der Waals surface area contributed by atoms with Gasteiger partial charge in [-0.05, 0) is 37.4 Å². The van der Waals surface area contributed by atoms with Gasteiger partial charge >= 0.3 is 0 Å². The zero-order chi connectivity index (χ0) is 12.0. The minimum atomic E-state index is 0.540. The molecule has 17 heavy (non-hydrogen) atoms. The summed E-state index contributed by atoms with van der Waals surface area (Å²) in [7, 11) is 0. The van der Waals surface area contributed by atoms with Crippen LogP contribution in [0.2, 0.25) is 0 Å². The van der Waals surface area contributed by atoms with Gasteiger partial charge in [-0.15, -0.1) is 0 Å². The van der Waals surface area contributed by atoms with Crippen LogP contribution in [0.4, 0.5) is 0 Å². The molecule has 94 valence electrons. The van der Waals surface area contributed by atoms with Crippen LogP contribution in [0.3, 0.4) is 0 Å². The first-order valence-electron chi connectivity index (χ1n) is 6.70. The predicted molar refractivity (Wildman–Crippen MR) is 72.0 cm³/mol. The van der Waals surface area contributed by atoms with Crippen LogP contribution < -0.4 is 0 Å². The Bertz CT molecular complexity index is 455. The minimum absolute atomic E-state index is 0.540. The van der Waals surface area contributed by atoms with Crippen molar-refractivity contribution in [3.05, 3.63) is 16.7 Å². The highest BCUT2D eigenvalue weighted by molar-refractivity contribution is 7.71. The zero-order valence-electron chi connectivity index (χ0n) is 10.6. The molecule has 2 heterocycles.